The molecule has 0 aromatic carbocycles. The molecule has 4 heteroatoms. The summed E-state index contributed by atoms with van der Waals surface area (Å²) < 4.78 is 0.890. The van der Waals surface area contributed by atoms with Gasteiger partial charge in [-0.3, -0.25) is 4.90 Å². The number of rotatable bonds is 3. The standard InChI is InChI=1S/C12H17BrN2O/c13-12-6-10(3-4-14-12)7-15-5-1-2-11(8-15)9-16/h3-4,6,11,16H,1-2,5,7-9H2/t11-/m1/s1. The Labute approximate surface area is 105 Å². The zero-order chi connectivity index (χ0) is 11.4. The van der Waals surface area contributed by atoms with E-state index < -0.39 is 0 Å². The van der Waals surface area contributed by atoms with Gasteiger partial charge >= 0.3 is 0 Å². The Bertz CT molecular complexity index is 346. The van der Waals surface area contributed by atoms with Crippen LogP contribution in [0.15, 0.2) is 22.9 Å². The molecule has 16 heavy (non-hydrogen) atoms. The third-order valence-electron chi connectivity index (χ3n) is 3.06. The van der Waals surface area contributed by atoms with Crippen LogP contribution in [0, 0.1) is 5.92 Å². The van der Waals surface area contributed by atoms with Crippen LogP contribution < -0.4 is 0 Å². The Kier molecular flexibility index (Phi) is 4.32. The molecule has 3 nitrogen and oxygen atoms in total. The van der Waals surface area contributed by atoms with Crippen LogP contribution in [0.1, 0.15) is 18.4 Å². The van der Waals surface area contributed by atoms with Crippen molar-refractivity contribution in [3.63, 3.8) is 0 Å². The maximum atomic E-state index is 9.17. The van der Waals surface area contributed by atoms with Crippen molar-refractivity contribution >= 4 is 15.9 Å². The molecule has 0 aliphatic carbocycles. The number of hydrogen-bond acceptors (Lipinski definition) is 3. The van der Waals surface area contributed by atoms with E-state index in [4.69, 9.17) is 0 Å². The van der Waals surface area contributed by atoms with Crippen molar-refractivity contribution in [1.82, 2.24) is 9.88 Å². The Morgan fingerprint density at radius 2 is 2.44 bits per heavy atom. The van der Waals surface area contributed by atoms with Crippen molar-refractivity contribution in [2.75, 3.05) is 19.7 Å². The molecular formula is C12H17BrN2O. The molecule has 1 aromatic heterocycles. The molecule has 88 valence electrons. The molecule has 1 fully saturated rings. The van der Waals surface area contributed by atoms with Crippen molar-refractivity contribution in [3.05, 3.63) is 28.5 Å². The van der Waals surface area contributed by atoms with Gasteiger partial charge in [0.15, 0.2) is 0 Å². The lowest BCUT2D eigenvalue weighted by Gasteiger charge is -2.31. The average molecular weight is 285 g/mol. The highest BCUT2D eigenvalue weighted by Gasteiger charge is 2.18. The maximum absolute atomic E-state index is 9.17. The van der Waals surface area contributed by atoms with Crippen molar-refractivity contribution in [2.45, 2.75) is 19.4 Å². The van der Waals surface area contributed by atoms with Crippen LogP contribution in [0.5, 0.6) is 0 Å². The lowest BCUT2D eigenvalue weighted by Crippen LogP contribution is -2.36. The molecule has 0 saturated carbocycles. The second-order valence-electron chi connectivity index (χ2n) is 4.41. The Hall–Kier alpha value is -0.450. The normalized spacial score (nSPS) is 22.2. The van der Waals surface area contributed by atoms with E-state index in [1.54, 1.807) is 0 Å². The number of piperidine rings is 1. The summed E-state index contributed by atoms with van der Waals surface area (Å²) in [5.41, 5.74) is 1.28. The molecule has 1 aromatic rings. The number of aromatic nitrogens is 1. The number of pyridine rings is 1. The monoisotopic (exact) mass is 284 g/mol. The number of aliphatic hydroxyl groups excluding tert-OH is 1. The van der Waals surface area contributed by atoms with Crippen LogP contribution in [0.25, 0.3) is 0 Å². The molecule has 2 heterocycles. The highest BCUT2D eigenvalue weighted by molar-refractivity contribution is 9.10. The minimum atomic E-state index is 0.316. The highest BCUT2D eigenvalue weighted by atomic mass is 79.9. The lowest BCUT2D eigenvalue weighted by atomic mass is 9.99. The number of halogens is 1. The SMILES string of the molecule is OC[C@@H]1CCCN(Cc2ccnc(Br)c2)C1. The predicted octanol–water partition coefficient (Wildman–Crippen LogP) is 2.05. The van der Waals surface area contributed by atoms with E-state index in [1.165, 1.54) is 12.0 Å². The van der Waals surface area contributed by atoms with Gasteiger partial charge in [0.2, 0.25) is 0 Å². The molecule has 1 N–H and O–H groups in total. The smallest absolute Gasteiger partial charge is 0.106 e. The van der Waals surface area contributed by atoms with Gasteiger partial charge < -0.3 is 5.11 Å². The number of hydrogen-bond donors (Lipinski definition) is 1. The van der Waals surface area contributed by atoms with E-state index in [1.807, 2.05) is 12.3 Å². The van der Waals surface area contributed by atoms with Crippen molar-refractivity contribution in [2.24, 2.45) is 5.92 Å². The first-order valence-electron chi connectivity index (χ1n) is 5.71. The molecular weight excluding hydrogens is 268 g/mol. The van der Waals surface area contributed by atoms with Gasteiger partial charge in [0.05, 0.1) is 0 Å². The Morgan fingerprint density at radius 1 is 1.56 bits per heavy atom. The van der Waals surface area contributed by atoms with Crippen LogP contribution in [0.4, 0.5) is 0 Å². The summed E-state index contributed by atoms with van der Waals surface area (Å²) in [6.07, 6.45) is 4.18. The molecule has 2 rings (SSSR count). The molecule has 1 saturated heterocycles. The van der Waals surface area contributed by atoms with Crippen LogP contribution in [-0.4, -0.2) is 34.7 Å². The fraction of sp³-hybridized carbons (Fsp3) is 0.583. The van der Waals surface area contributed by atoms with E-state index in [-0.39, 0.29) is 0 Å². The van der Waals surface area contributed by atoms with Crippen LogP contribution in [-0.2, 0) is 6.54 Å². The molecule has 0 radical (unpaired) electrons. The number of aliphatic hydroxyl groups is 1. The molecule has 0 bridgehead atoms. The van der Waals surface area contributed by atoms with Gasteiger partial charge in [-0.05, 0) is 58.9 Å². The fourth-order valence-corrected chi connectivity index (χ4v) is 2.66. The average Bonchev–Trinajstić information content (AvgIpc) is 2.29. The summed E-state index contributed by atoms with van der Waals surface area (Å²) in [7, 11) is 0. The first-order chi connectivity index (χ1) is 7.78. The lowest BCUT2D eigenvalue weighted by molar-refractivity contribution is 0.116. The van der Waals surface area contributed by atoms with Gasteiger partial charge in [0, 0.05) is 25.9 Å². The van der Waals surface area contributed by atoms with E-state index in [0.29, 0.717) is 12.5 Å². The van der Waals surface area contributed by atoms with Gasteiger partial charge in [-0.15, -0.1) is 0 Å². The maximum Gasteiger partial charge on any atom is 0.106 e. The van der Waals surface area contributed by atoms with E-state index in [2.05, 4.69) is 31.9 Å². The summed E-state index contributed by atoms with van der Waals surface area (Å²) in [6, 6.07) is 4.11. The van der Waals surface area contributed by atoms with Gasteiger partial charge in [-0.25, -0.2) is 4.98 Å². The zero-order valence-electron chi connectivity index (χ0n) is 9.27. The largest absolute Gasteiger partial charge is 0.396 e. The summed E-state index contributed by atoms with van der Waals surface area (Å²) >= 11 is 3.38. The molecule has 1 atom stereocenters. The van der Waals surface area contributed by atoms with Crippen molar-refractivity contribution in [3.8, 4) is 0 Å². The minimum Gasteiger partial charge on any atom is -0.396 e. The third-order valence-corrected chi connectivity index (χ3v) is 3.49. The minimum absolute atomic E-state index is 0.316. The number of likely N-dealkylation sites (tertiary alicyclic amines) is 1. The van der Waals surface area contributed by atoms with Crippen molar-refractivity contribution < 1.29 is 5.11 Å². The van der Waals surface area contributed by atoms with Crippen LogP contribution >= 0.6 is 15.9 Å². The Balaban J connectivity index is 1.94. The zero-order valence-corrected chi connectivity index (χ0v) is 10.9. The molecule has 0 spiro atoms. The van der Waals surface area contributed by atoms with E-state index in [0.717, 1.165) is 30.7 Å². The summed E-state index contributed by atoms with van der Waals surface area (Å²) in [5, 5.41) is 9.17. The second-order valence-corrected chi connectivity index (χ2v) is 5.23. The van der Waals surface area contributed by atoms with Gasteiger partial charge in [-0.1, -0.05) is 0 Å². The Morgan fingerprint density at radius 3 is 3.19 bits per heavy atom. The fourth-order valence-electron chi connectivity index (χ4n) is 2.24. The van der Waals surface area contributed by atoms with Crippen LogP contribution in [0.3, 0.4) is 0 Å². The van der Waals surface area contributed by atoms with E-state index in [9.17, 15) is 5.11 Å². The van der Waals surface area contributed by atoms with Gasteiger partial charge in [0.1, 0.15) is 4.60 Å². The first-order valence-corrected chi connectivity index (χ1v) is 6.51. The summed E-state index contributed by atoms with van der Waals surface area (Å²) in [5.74, 6) is 0.457. The topological polar surface area (TPSA) is 36.4 Å². The first kappa shape index (κ1) is 12.0. The molecule has 0 unspecified atom stereocenters. The quantitative estimate of drug-likeness (QED) is 0.863. The van der Waals surface area contributed by atoms with Crippen molar-refractivity contribution in [1.29, 1.82) is 0 Å². The van der Waals surface area contributed by atoms with Gasteiger partial charge in [0.25, 0.3) is 0 Å². The molecule has 1 aliphatic heterocycles. The van der Waals surface area contributed by atoms with Crippen LogP contribution in [0.2, 0.25) is 0 Å². The number of nitrogens with zero attached hydrogens (tertiary/aromatic N) is 2. The summed E-state index contributed by atoms with van der Waals surface area (Å²) in [4.78, 5) is 6.53. The second kappa shape index (κ2) is 5.75. The molecule has 0 amide bonds. The summed E-state index contributed by atoms with van der Waals surface area (Å²) in [6.45, 7) is 3.42. The highest BCUT2D eigenvalue weighted by Crippen LogP contribution is 2.18. The van der Waals surface area contributed by atoms with E-state index >= 15 is 0 Å². The molecule has 1 aliphatic rings. The van der Waals surface area contributed by atoms with Gasteiger partial charge in [-0.2, -0.15) is 0 Å². The predicted molar refractivity (Wildman–Crippen MR) is 67.0 cm³/mol. The third kappa shape index (κ3) is 3.27.